The number of ether oxygens (including phenoxy) is 1. The molecular weight excluding hydrogens is 230 g/mol. The van der Waals surface area contributed by atoms with Gasteiger partial charge in [0.15, 0.2) is 0 Å². The summed E-state index contributed by atoms with van der Waals surface area (Å²) >= 11 is 0. The fraction of sp³-hybridized carbons (Fsp3) is 0.462. The largest absolute Gasteiger partial charge is 0.389 e. The van der Waals surface area contributed by atoms with E-state index < -0.39 is 6.10 Å². The van der Waals surface area contributed by atoms with Gasteiger partial charge in [-0.05, 0) is 19.2 Å². The van der Waals surface area contributed by atoms with E-state index in [-0.39, 0.29) is 6.04 Å². The highest BCUT2D eigenvalue weighted by atomic mass is 16.5. The molecule has 5 heteroatoms. The maximum atomic E-state index is 9.78. The molecule has 0 aromatic carbocycles. The Morgan fingerprint density at radius 1 is 1.50 bits per heavy atom. The van der Waals surface area contributed by atoms with Gasteiger partial charge in [-0.2, -0.15) is 0 Å². The van der Waals surface area contributed by atoms with Crippen molar-refractivity contribution in [3.63, 3.8) is 0 Å². The molecule has 2 aromatic rings. The van der Waals surface area contributed by atoms with Crippen LogP contribution in [0.1, 0.15) is 5.69 Å². The zero-order valence-corrected chi connectivity index (χ0v) is 10.4. The first-order valence-corrected chi connectivity index (χ1v) is 6.13. The molecular formula is C13H17N3O2. The highest BCUT2D eigenvalue weighted by molar-refractivity contribution is 5.39. The highest BCUT2D eigenvalue weighted by Gasteiger charge is 2.29. The summed E-state index contributed by atoms with van der Waals surface area (Å²) in [6.07, 6.45) is 3.61. The number of hydrogen-bond donors (Lipinski definition) is 1. The summed E-state index contributed by atoms with van der Waals surface area (Å²) in [5.41, 5.74) is 1.95. The molecule has 18 heavy (non-hydrogen) atoms. The van der Waals surface area contributed by atoms with E-state index in [4.69, 9.17) is 4.74 Å². The van der Waals surface area contributed by atoms with E-state index in [0.29, 0.717) is 19.8 Å². The van der Waals surface area contributed by atoms with Gasteiger partial charge in [0.2, 0.25) is 0 Å². The predicted octanol–water partition coefficient (Wildman–Crippen LogP) is 0.526. The van der Waals surface area contributed by atoms with E-state index in [0.717, 1.165) is 11.3 Å². The van der Waals surface area contributed by atoms with Crippen molar-refractivity contribution in [1.29, 1.82) is 0 Å². The van der Waals surface area contributed by atoms with Crippen molar-refractivity contribution < 1.29 is 9.84 Å². The standard InChI is InChI=1S/C13H17N3O2/c1-15(11-8-18-9-12(11)17)6-10-7-16-5-3-2-4-13(16)14-10/h2-5,7,11-12,17H,6,8-9H2,1H3/t11-,12-/m1/s1. The average Bonchev–Trinajstić information content (AvgIpc) is 2.94. The molecule has 0 amide bonds. The number of aliphatic hydroxyl groups is 1. The lowest BCUT2D eigenvalue weighted by molar-refractivity contribution is 0.0920. The molecule has 96 valence electrons. The molecule has 1 aliphatic heterocycles. The molecule has 2 aromatic heterocycles. The van der Waals surface area contributed by atoms with Crippen LogP contribution in [-0.2, 0) is 11.3 Å². The topological polar surface area (TPSA) is 50.0 Å². The highest BCUT2D eigenvalue weighted by Crippen LogP contribution is 2.15. The van der Waals surface area contributed by atoms with Crippen molar-refractivity contribution in [2.45, 2.75) is 18.7 Å². The van der Waals surface area contributed by atoms with Crippen LogP contribution in [0.4, 0.5) is 0 Å². The second-order valence-corrected chi connectivity index (χ2v) is 4.79. The molecule has 1 saturated heterocycles. The molecule has 0 radical (unpaired) electrons. The first-order valence-electron chi connectivity index (χ1n) is 6.13. The molecule has 0 saturated carbocycles. The maximum absolute atomic E-state index is 9.78. The van der Waals surface area contributed by atoms with Crippen LogP contribution in [0.15, 0.2) is 30.6 Å². The molecule has 5 nitrogen and oxygen atoms in total. The van der Waals surface area contributed by atoms with Gasteiger partial charge in [-0.15, -0.1) is 0 Å². The molecule has 1 fully saturated rings. The lowest BCUT2D eigenvalue weighted by atomic mass is 10.2. The summed E-state index contributed by atoms with van der Waals surface area (Å²) in [6, 6.07) is 6.01. The van der Waals surface area contributed by atoms with Crippen LogP contribution in [0.25, 0.3) is 5.65 Å². The molecule has 3 rings (SSSR count). The van der Waals surface area contributed by atoms with Crippen LogP contribution in [0.3, 0.4) is 0 Å². The summed E-state index contributed by atoms with van der Waals surface area (Å²) in [5, 5.41) is 9.78. The van der Waals surface area contributed by atoms with Gasteiger partial charge in [-0.25, -0.2) is 4.98 Å². The van der Waals surface area contributed by atoms with E-state index in [1.54, 1.807) is 0 Å². The smallest absolute Gasteiger partial charge is 0.137 e. The van der Waals surface area contributed by atoms with Gasteiger partial charge in [0, 0.05) is 18.9 Å². The quantitative estimate of drug-likeness (QED) is 0.859. The average molecular weight is 247 g/mol. The normalized spacial score (nSPS) is 24.2. The minimum absolute atomic E-state index is 0.0646. The van der Waals surface area contributed by atoms with Crippen molar-refractivity contribution >= 4 is 5.65 Å². The van der Waals surface area contributed by atoms with Crippen LogP contribution in [-0.4, -0.2) is 51.8 Å². The van der Waals surface area contributed by atoms with E-state index in [9.17, 15) is 5.11 Å². The van der Waals surface area contributed by atoms with Crippen LogP contribution in [0.2, 0.25) is 0 Å². The third-order valence-corrected chi connectivity index (χ3v) is 3.41. The summed E-state index contributed by atoms with van der Waals surface area (Å²) < 4.78 is 7.27. The first kappa shape index (κ1) is 11.6. The van der Waals surface area contributed by atoms with E-state index >= 15 is 0 Å². The molecule has 2 atom stereocenters. The van der Waals surface area contributed by atoms with Crippen molar-refractivity contribution in [1.82, 2.24) is 14.3 Å². The van der Waals surface area contributed by atoms with E-state index in [1.807, 2.05) is 42.0 Å². The lowest BCUT2D eigenvalue weighted by Gasteiger charge is -2.24. The number of fused-ring (bicyclic) bond motifs is 1. The minimum Gasteiger partial charge on any atom is -0.389 e. The number of imidazole rings is 1. The Kier molecular flexibility index (Phi) is 3.03. The molecule has 0 bridgehead atoms. The third kappa shape index (κ3) is 2.12. The summed E-state index contributed by atoms with van der Waals surface area (Å²) in [6.45, 7) is 1.73. The molecule has 0 spiro atoms. The predicted molar refractivity (Wildman–Crippen MR) is 67.3 cm³/mol. The Morgan fingerprint density at radius 2 is 2.39 bits per heavy atom. The SMILES string of the molecule is CN(Cc1cn2ccccc2n1)[C@@H]1COC[C@H]1O. The van der Waals surface area contributed by atoms with E-state index in [1.165, 1.54) is 0 Å². The third-order valence-electron chi connectivity index (χ3n) is 3.41. The number of rotatable bonds is 3. The minimum atomic E-state index is -0.396. The number of aliphatic hydroxyl groups excluding tert-OH is 1. The second kappa shape index (κ2) is 4.68. The van der Waals surface area contributed by atoms with E-state index in [2.05, 4.69) is 9.88 Å². The van der Waals surface area contributed by atoms with Crippen LogP contribution in [0, 0.1) is 0 Å². The Bertz CT molecular complexity index is 507. The molecule has 0 aliphatic carbocycles. The summed E-state index contributed by atoms with van der Waals surface area (Å²) in [7, 11) is 1.99. The fourth-order valence-electron chi connectivity index (χ4n) is 2.39. The number of likely N-dealkylation sites (N-methyl/N-ethyl adjacent to an activating group) is 1. The number of hydrogen-bond acceptors (Lipinski definition) is 4. The van der Waals surface area contributed by atoms with Gasteiger partial charge < -0.3 is 14.2 Å². The molecule has 0 unspecified atom stereocenters. The zero-order chi connectivity index (χ0) is 12.5. The first-order chi connectivity index (χ1) is 8.74. The van der Waals surface area contributed by atoms with Crippen LogP contribution < -0.4 is 0 Å². The molecule has 1 N–H and O–H groups in total. The Morgan fingerprint density at radius 3 is 3.11 bits per heavy atom. The van der Waals surface area contributed by atoms with Gasteiger partial charge in [-0.3, -0.25) is 4.90 Å². The van der Waals surface area contributed by atoms with Crippen molar-refractivity contribution in [2.75, 3.05) is 20.3 Å². The monoisotopic (exact) mass is 247 g/mol. The molecule has 1 aliphatic rings. The second-order valence-electron chi connectivity index (χ2n) is 4.79. The number of aromatic nitrogens is 2. The Balaban J connectivity index is 1.75. The van der Waals surface area contributed by atoms with Crippen molar-refractivity contribution in [2.24, 2.45) is 0 Å². The van der Waals surface area contributed by atoms with Crippen LogP contribution in [0.5, 0.6) is 0 Å². The van der Waals surface area contributed by atoms with Gasteiger partial charge in [0.1, 0.15) is 5.65 Å². The number of nitrogens with zero attached hydrogens (tertiary/aromatic N) is 3. The molecule has 3 heterocycles. The van der Waals surface area contributed by atoms with Gasteiger partial charge in [0.25, 0.3) is 0 Å². The van der Waals surface area contributed by atoms with Crippen molar-refractivity contribution in [3.8, 4) is 0 Å². The maximum Gasteiger partial charge on any atom is 0.137 e. The van der Waals surface area contributed by atoms with Gasteiger partial charge >= 0.3 is 0 Å². The fourth-order valence-corrected chi connectivity index (χ4v) is 2.39. The number of pyridine rings is 1. The summed E-state index contributed by atoms with van der Waals surface area (Å²) in [4.78, 5) is 6.64. The Labute approximate surface area is 106 Å². The lowest BCUT2D eigenvalue weighted by Crippen LogP contribution is -2.39. The Hall–Kier alpha value is -1.43. The van der Waals surface area contributed by atoms with Gasteiger partial charge in [0.05, 0.1) is 31.1 Å². The summed E-state index contributed by atoms with van der Waals surface area (Å²) in [5.74, 6) is 0. The van der Waals surface area contributed by atoms with Gasteiger partial charge in [-0.1, -0.05) is 6.07 Å². The van der Waals surface area contributed by atoms with Crippen molar-refractivity contribution in [3.05, 3.63) is 36.3 Å². The zero-order valence-electron chi connectivity index (χ0n) is 10.4. The van der Waals surface area contributed by atoms with Crippen LogP contribution >= 0.6 is 0 Å².